The molecule has 0 heterocycles. The summed E-state index contributed by atoms with van der Waals surface area (Å²) in [6.07, 6.45) is 0. The molecule has 2 rings (SSSR count). The third-order valence-electron chi connectivity index (χ3n) is 3.44. The number of nitrogens with one attached hydrogen (secondary N) is 1. The van der Waals surface area contributed by atoms with Gasteiger partial charge in [-0.3, -0.25) is 10.1 Å². The maximum absolute atomic E-state index is 10.7. The zero-order chi connectivity index (χ0) is 15.5. The van der Waals surface area contributed by atoms with Gasteiger partial charge in [0.15, 0.2) is 0 Å². The molecule has 0 aliphatic rings. The van der Waals surface area contributed by atoms with Crippen LogP contribution in [0, 0.1) is 10.1 Å². The Balaban J connectivity index is 2.08. The monoisotopic (exact) mass is 286 g/mol. The van der Waals surface area contributed by atoms with Crippen molar-refractivity contribution in [1.29, 1.82) is 0 Å². The van der Waals surface area contributed by atoms with Gasteiger partial charge < -0.3 is 10.4 Å². The molecule has 5 nitrogen and oxygen atoms in total. The predicted octanol–water partition coefficient (Wildman–Crippen LogP) is 3.33. The third-order valence-corrected chi connectivity index (χ3v) is 3.44. The summed E-state index contributed by atoms with van der Waals surface area (Å²) in [5.41, 5.74) is 1.70. The van der Waals surface area contributed by atoms with Crippen molar-refractivity contribution in [2.45, 2.75) is 25.9 Å². The molecule has 2 N–H and O–H groups in total. The van der Waals surface area contributed by atoms with E-state index in [4.69, 9.17) is 0 Å². The Hall–Kier alpha value is -2.40. The van der Waals surface area contributed by atoms with E-state index in [1.807, 2.05) is 19.9 Å². The minimum atomic E-state index is -0.406. The lowest BCUT2D eigenvalue weighted by molar-refractivity contribution is -0.384. The first-order valence-electron chi connectivity index (χ1n) is 6.66. The van der Waals surface area contributed by atoms with Gasteiger partial charge in [0.2, 0.25) is 0 Å². The Morgan fingerprint density at radius 3 is 2.43 bits per heavy atom. The second-order valence-corrected chi connectivity index (χ2v) is 5.45. The normalized spacial score (nSPS) is 11.3. The van der Waals surface area contributed by atoms with Crippen LogP contribution in [-0.2, 0) is 12.1 Å². The molecule has 0 fully saturated rings. The lowest BCUT2D eigenvalue weighted by atomic mass is 9.93. The zero-order valence-corrected chi connectivity index (χ0v) is 12.0. The second-order valence-electron chi connectivity index (χ2n) is 5.45. The van der Waals surface area contributed by atoms with E-state index in [1.54, 1.807) is 30.3 Å². The van der Waals surface area contributed by atoms with Crippen molar-refractivity contribution in [1.82, 2.24) is 5.32 Å². The highest BCUT2D eigenvalue weighted by Gasteiger charge is 2.20. The Bertz CT molecular complexity index is 636. The van der Waals surface area contributed by atoms with Crippen LogP contribution in [0.3, 0.4) is 0 Å². The van der Waals surface area contributed by atoms with E-state index in [9.17, 15) is 15.2 Å². The predicted molar refractivity (Wildman–Crippen MR) is 81.1 cm³/mol. The van der Waals surface area contributed by atoms with Gasteiger partial charge in [0.25, 0.3) is 5.69 Å². The highest BCUT2D eigenvalue weighted by Crippen LogP contribution is 2.23. The van der Waals surface area contributed by atoms with Crippen LogP contribution in [0.5, 0.6) is 5.75 Å². The SMILES string of the molecule is CC(C)(NCc1cccc(O)c1)c1ccc([N+](=O)[O-])cc1. The van der Waals surface area contributed by atoms with Crippen molar-refractivity contribution >= 4 is 5.69 Å². The van der Waals surface area contributed by atoms with Gasteiger partial charge in [-0.15, -0.1) is 0 Å². The van der Waals surface area contributed by atoms with Gasteiger partial charge >= 0.3 is 0 Å². The van der Waals surface area contributed by atoms with Gasteiger partial charge in [-0.05, 0) is 37.1 Å². The molecule has 0 saturated heterocycles. The van der Waals surface area contributed by atoms with E-state index in [1.165, 1.54) is 12.1 Å². The molecule has 0 atom stereocenters. The van der Waals surface area contributed by atoms with Crippen molar-refractivity contribution in [3.8, 4) is 5.75 Å². The quantitative estimate of drug-likeness (QED) is 0.653. The van der Waals surface area contributed by atoms with Gasteiger partial charge in [-0.2, -0.15) is 0 Å². The van der Waals surface area contributed by atoms with Crippen molar-refractivity contribution in [3.05, 3.63) is 69.8 Å². The smallest absolute Gasteiger partial charge is 0.269 e. The summed E-state index contributed by atoms with van der Waals surface area (Å²) in [7, 11) is 0. The maximum Gasteiger partial charge on any atom is 0.269 e. The van der Waals surface area contributed by atoms with E-state index < -0.39 is 4.92 Å². The summed E-state index contributed by atoms with van der Waals surface area (Å²) in [5, 5.41) is 23.5. The average molecular weight is 286 g/mol. The molecular weight excluding hydrogens is 268 g/mol. The van der Waals surface area contributed by atoms with Gasteiger partial charge in [-0.25, -0.2) is 0 Å². The summed E-state index contributed by atoms with van der Waals surface area (Å²) >= 11 is 0. The maximum atomic E-state index is 10.7. The van der Waals surface area contributed by atoms with Crippen molar-refractivity contribution in [2.75, 3.05) is 0 Å². The first-order chi connectivity index (χ1) is 9.88. The molecule has 0 bridgehead atoms. The molecule has 2 aromatic carbocycles. The summed E-state index contributed by atoms with van der Waals surface area (Å²) in [4.78, 5) is 10.3. The molecule has 110 valence electrons. The Morgan fingerprint density at radius 2 is 1.86 bits per heavy atom. The fourth-order valence-electron chi connectivity index (χ4n) is 2.09. The first kappa shape index (κ1) is 15.0. The minimum Gasteiger partial charge on any atom is -0.508 e. The number of benzene rings is 2. The number of nitro benzene ring substituents is 1. The fourth-order valence-corrected chi connectivity index (χ4v) is 2.09. The number of nitro groups is 1. The first-order valence-corrected chi connectivity index (χ1v) is 6.66. The summed E-state index contributed by atoms with van der Waals surface area (Å²) in [5.74, 6) is 0.238. The van der Waals surface area contributed by atoms with Crippen LogP contribution in [0.2, 0.25) is 0 Å². The van der Waals surface area contributed by atoms with Crippen LogP contribution in [-0.4, -0.2) is 10.0 Å². The van der Waals surface area contributed by atoms with Gasteiger partial charge in [0.1, 0.15) is 5.75 Å². The number of hydrogen-bond donors (Lipinski definition) is 2. The number of aromatic hydroxyl groups is 1. The van der Waals surface area contributed by atoms with Gasteiger partial charge in [0.05, 0.1) is 4.92 Å². The Kier molecular flexibility index (Phi) is 4.23. The molecule has 0 amide bonds. The number of hydrogen-bond acceptors (Lipinski definition) is 4. The lowest BCUT2D eigenvalue weighted by Crippen LogP contribution is -2.35. The van der Waals surface area contributed by atoms with Crippen LogP contribution < -0.4 is 5.32 Å². The number of phenols is 1. The lowest BCUT2D eigenvalue weighted by Gasteiger charge is -2.27. The molecule has 21 heavy (non-hydrogen) atoms. The summed E-state index contributed by atoms with van der Waals surface area (Å²) in [6, 6.07) is 13.6. The molecule has 2 aromatic rings. The average Bonchev–Trinajstić information content (AvgIpc) is 2.45. The molecule has 0 aliphatic carbocycles. The van der Waals surface area contributed by atoms with Crippen LogP contribution in [0.15, 0.2) is 48.5 Å². The molecule has 0 aromatic heterocycles. The molecular formula is C16H18N2O3. The van der Waals surface area contributed by atoms with E-state index in [0.29, 0.717) is 6.54 Å². The van der Waals surface area contributed by atoms with Crippen molar-refractivity contribution < 1.29 is 10.0 Å². The van der Waals surface area contributed by atoms with Crippen LogP contribution in [0.4, 0.5) is 5.69 Å². The molecule has 0 unspecified atom stereocenters. The number of phenolic OH excluding ortho intramolecular Hbond substituents is 1. The van der Waals surface area contributed by atoms with E-state index in [-0.39, 0.29) is 17.0 Å². The van der Waals surface area contributed by atoms with E-state index >= 15 is 0 Å². The standard InChI is InChI=1S/C16H18N2O3/c1-16(2,13-6-8-14(9-7-13)18(20)21)17-11-12-4-3-5-15(19)10-12/h3-10,17,19H,11H2,1-2H3. The molecule has 0 radical (unpaired) electrons. The van der Waals surface area contributed by atoms with Crippen LogP contribution in [0.25, 0.3) is 0 Å². The number of rotatable bonds is 5. The van der Waals surface area contributed by atoms with Crippen LogP contribution >= 0.6 is 0 Å². The topological polar surface area (TPSA) is 75.4 Å². The highest BCUT2D eigenvalue weighted by atomic mass is 16.6. The Morgan fingerprint density at radius 1 is 1.19 bits per heavy atom. The second kappa shape index (κ2) is 5.93. The Labute approximate surface area is 123 Å². The molecule has 0 spiro atoms. The van der Waals surface area contributed by atoms with Gasteiger partial charge in [-0.1, -0.05) is 24.3 Å². The van der Waals surface area contributed by atoms with Gasteiger partial charge in [0, 0.05) is 24.2 Å². The van der Waals surface area contributed by atoms with Crippen molar-refractivity contribution in [2.24, 2.45) is 0 Å². The molecule has 0 aliphatic heterocycles. The number of non-ortho nitro benzene ring substituents is 1. The van der Waals surface area contributed by atoms with Crippen LogP contribution in [0.1, 0.15) is 25.0 Å². The van der Waals surface area contributed by atoms with E-state index in [2.05, 4.69) is 5.32 Å². The molecule has 5 heteroatoms. The van der Waals surface area contributed by atoms with Crippen molar-refractivity contribution in [3.63, 3.8) is 0 Å². The van der Waals surface area contributed by atoms with E-state index in [0.717, 1.165) is 11.1 Å². The number of nitrogens with zero attached hydrogens (tertiary/aromatic N) is 1. The third kappa shape index (κ3) is 3.79. The zero-order valence-electron chi connectivity index (χ0n) is 12.0. The summed E-state index contributed by atoms with van der Waals surface area (Å²) in [6.45, 7) is 4.62. The minimum absolute atomic E-state index is 0.0857. The molecule has 0 saturated carbocycles. The largest absolute Gasteiger partial charge is 0.508 e. The highest BCUT2D eigenvalue weighted by molar-refractivity contribution is 5.36. The summed E-state index contributed by atoms with van der Waals surface area (Å²) < 4.78 is 0. The fraction of sp³-hybridized carbons (Fsp3) is 0.250.